The van der Waals surface area contributed by atoms with E-state index in [2.05, 4.69) is 19.2 Å². The van der Waals surface area contributed by atoms with Gasteiger partial charge in [-0.25, -0.2) is 0 Å². The molecule has 0 heterocycles. The van der Waals surface area contributed by atoms with Gasteiger partial charge < -0.3 is 14.8 Å². The minimum absolute atomic E-state index is 0.0864. The summed E-state index contributed by atoms with van der Waals surface area (Å²) in [5.41, 5.74) is 0. The van der Waals surface area contributed by atoms with E-state index >= 15 is 0 Å². The van der Waals surface area contributed by atoms with Crippen LogP contribution in [0.2, 0.25) is 0 Å². The first-order valence-electron chi connectivity index (χ1n) is 8.38. The van der Waals surface area contributed by atoms with Gasteiger partial charge in [0.1, 0.15) is 11.6 Å². The maximum Gasteiger partial charge on any atom is 0.147 e. The molecule has 5 heteroatoms. The summed E-state index contributed by atoms with van der Waals surface area (Å²) in [7, 11) is 0. The fourth-order valence-corrected chi connectivity index (χ4v) is 2.69. The second-order valence-electron chi connectivity index (χ2n) is 6.60. The van der Waals surface area contributed by atoms with Crippen molar-refractivity contribution in [3.8, 4) is 0 Å². The van der Waals surface area contributed by atoms with Gasteiger partial charge >= 0.3 is 0 Å². The first-order valence-corrected chi connectivity index (χ1v) is 8.38. The van der Waals surface area contributed by atoms with Crippen molar-refractivity contribution in [2.24, 2.45) is 17.8 Å². The minimum atomic E-state index is -0.441. The Labute approximate surface area is 134 Å². The Bertz CT molecular complexity index is 355. The number of nitrogens with one attached hydrogen (secondary N) is 1. The molecule has 0 aromatic carbocycles. The Morgan fingerprint density at radius 3 is 2.23 bits per heavy atom. The zero-order valence-corrected chi connectivity index (χ0v) is 14.4. The quantitative estimate of drug-likeness (QED) is 0.466. The van der Waals surface area contributed by atoms with E-state index in [1.54, 1.807) is 0 Å². The Morgan fingerprint density at radius 1 is 1.05 bits per heavy atom. The van der Waals surface area contributed by atoms with Gasteiger partial charge in [0.2, 0.25) is 0 Å². The van der Waals surface area contributed by atoms with E-state index in [1.807, 2.05) is 13.8 Å². The first-order chi connectivity index (χ1) is 10.4. The van der Waals surface area contributed by atoms with Crippen LogP contribution in [0.5, 0.6) is 0 Å². The third-order valence-electron chi connectivity index (χ3n) is 4.05. The van der Waals surface area contributed by atoms with Gasteiger partial charge in [0.25, 0.3) is 0 Å². The Balaban J connectivity index is 2.05. The van der Waals surface area contributed by atoms with Gasteiger partial charge in [-0.15, -0.1) is 0 Å². The highest BCUT2D eigenvalue weighted by Crippen LogP contribution is 2.31. The molecule has 0 aliphatic heterocycles. The van der Waals surface area contributed by atoms with E-state index in [9.17, 15) is 9.59 Å². The molecule has 2 unspecified atom stereocenters. The second-order valence-corrected chi connectivity index (χ2v) is 6.60. The highest BCUT2D eigenvalue weighted by Gasteiger charge is 2.41. The monoisotopic (exact) mass is 313 g/mol. The molecule has 1 aliphatic carbocycles. The number of ether oxygens (including phenoxy) is 2. The van der Waals surface area contributed by atoms with Crippen LogP contribution < -0.4 is 5.32 Å². The van der Waals surface area contributed by atoms with Gasteiger partial charge in [0.05, 0.1) is 25.7 Å². The lowest BCUT2D eigenvalue weighted by atomic mass is 9.91. The summed E-state index contributed by atoms with van der Waals surface area (Å²) in [4.78, 5) is 24.0. The van der Waals surface area contributed by atoms with Crippen molar-refractivity contribution in [2.75, 3.05) is 33.0 Å². The summed E-state index contributed by atoms with van der Waals surface area (Å²) in [6.45, 7) is 11.2. The maximum absolute atomic E-state index is 12.1. The van der Waals surface area contributed by atoms with Gasteiger partial charge in [-0.1, -0.05) is 27.7 Å². The second kappa shape index (κ2) is 10.1. The number of carbonyl (C=O) groups excluding carboxylic acids is 2. The molecule has 1 N–H and O–H groups in total. The molecule has 2 atom stereocenters. The fourth-order valence-electron chi connectivity index (χ4n) is 2.69. The van der Waals surface area contributed by atoms with Crippen molar-refractivity contribution in [3.63, 3.8) is 0 Å². The molecular formula is C17H31NO4. The molecular weight excluding hydrogens is 282 g/mol. The average molecular weight is 313 g/mol. The molecule has 1 saturated carbocycles. The summed E-state index contributed by atoms with van der Waals surface area (Å²) in [5.74, 6) is -0.0870. The van der Waals surface area contributed by atoms with Gasteiger partial charge in [-0.05, 0) is 12.3 Å². The van der Waals surface area contributed by atoms with Crippen molar-refractivity contribution in [1.82, 2.24) is 5.32 Å². The summed E-state index contributed by atoms with van der Waals surface area (Å²) in [6.07, 6.45) is 0.920. The lowest BCUT2D eigenvalue weighted by molar-refractivity contribution is -0.129. The van der Waals surface area contributed by atoms with E-state index < -0.39 is 5.92 Å². The third-order valence-corrected chi connectivity index (χ3v) is 4.05. The van der Waals surface area contributed by atoms with Crippen LogP contribution in [0.1, 0.15) is 40.5 Å². The summed E-state index contributed by atoms with van der Waals surface area (Å²) in [6, 6.07) is 0.469. The van der Waals surface area contributed by atoms with Crippen molar-refractivity contribution in [2.45, 2.75) is 46.6 Å². The average Bonchev–Trinajstić information content (AvgIpc) is 2.72. The molecule has 1 fully saturated rings. The molecule has 0 radical (unpaired) electrons. The predicted octanol–water partition coefficient (Wildman–Crippen LogP) is 1.84. The molecule has 0 saturated heterocycles. The van der Waals surface area contributed by atoms with Crippen molar-refractivity contribution in [3.05, 3.63) is 0 Å². The maximum atomic E-state index is 12.1. The number of ketones is 2. The van der Waals surface area contributed by atoms with Crippen LogP contribution in [0.4, 0.5) is 0 Å². The van der Waals surface area contributed by atoms with Crippen molar-refractivity contribution >= 4 is 11.6 Å². The van der Waals surface area contributed by atoms with E-state index in [4.69, 9.17) is 9.47 Å². The number of hydrogen-bond donors (Lipinski definition) is 1. The topological polar surface area (TPSA) is 64.6 Å². The number of rotatable bonds is 11. The van der Waals surface area contributed by atoms with E-state index in [1.165, 1.54) is 0 Å². The summed E-state index contributed by atoms with van der Waals surface area (Å²) >= 11 is 0. The number of carbonyl (C=O) groups is 2. The molecule has 1 rings (SSSR count). The van der Waals surface area contributed by atoms with Crippen LogP contribution in [0.3, 0.4) is 0 Å². The lowest BCUT2D eigenvalue weighted by Gasteiger charge is -2.12. The molecule has 0 amide bonds. The van der Waals surface area contributed by atoms with Gasteiger partial charge in [-0.3, -0.25) is 9.59 Å². The molecule has 0 bridgehead atoms. The van der Waals surface area contributed by atoms with Crippen LogP contribution in [0.15, 0.2) is 0 Å². The Morgan fingerprint density at radius 2 is 1.68 bits per heavy atom. The van der Waals surface area contributed by atoms with E-state index in [0.29, 0.717) is 45.3 Å². The van der Waals surface area contributed by atoms with E-state index in [0.717, 1.165) is 6.54 Å². The number of hydrogen-bond acceptors (Lipinski definition) is 5. The normalized spacial score (nSPS) is 22.3. The molecule has 1 aliphatic rings. The third kappa shape index (κ3) is 6.55. The van der Waals surface area contributed by atoms with Crippen LogP contribution in [-0.2, 0) is 19.1 Å². The summed E-state index contributed by atoms with van der Waals surface area (Å²) < 4.78 is 10.9. The van der Waals surface area contributed by atoms with Crippen LogP contribution in [0, 0.1) is 17.8 Å². The van der Waals surface area contributed by atoms with Crippen molar-refractivity contribution < 1.29 is 19.1 Å². The fraction of sp³-hybridized carbons (Fsp3) is 0.882. The molecule has 0 aromatic heterocycles. The molecule has 128 valence electrons. The molecule has 0 spiro atoms. The standard InChI is InChI=1S/C17H31NO4/c1-12(2)15-11-16(19)14(17(15)20)5-7-21-9-10-22-8-6-18-13(3)4/h12-15,18H,5-11H2,1-4H3. The predicted molar refractivity (Wildman–Crippen MR) is 85.8 cm³/mol. The van der Waals surface area contributed by atoms with Gasteiger partial charge in [0, 0.05) is 31.5 Å². The smallest absolute Gasteiger partial charge is 0.147 e. The molecule has 5 nitrogen and oxygen atoms in total. The zero-order chi connectivity index (χ0) is 16.5. The zero-order valence-electron chi connectivity index (χ0n) is 14.4. The summed E-state index contributed by atoms with van der Waals surface area (Å²) in [5, 5.41) is 3.27. The van der Waals surface area contributed by atoms with E-state index in [-0.39, 0.29) is 23.4 Å². The van der Waals surface area contributed by atoms with Crippen LogP contribution in [-0.4, -0.2) is 50.6 Å². The van der Waals surface area contributed by atoms with Crippen molar-refractivity contribution in [1.29, 1.82) is 0 Å². The first kappa shape index (κ1) is 19.3. The minimum Gasteiger partial charge on any atom is -0.379 e. The SMILES string of the molecule is CC(C)NCCOCCOCCC1C(=O)CC(C(C)C)C1=O. The molecule has 22 heavy (non-hydrogen) atoms. The highest BCUT2D eigenvalue weighted by molar-refractivity contribution is 6.10. The largest absolute Gasteiger partial charge is 0.379 e. The molecule has 0 aromatic rings. The highest BCUT2D eigenvalue weighted by atomic mass is 16.5. The number of Topliss-reactive ketones (excluding diaryl/α,β-unsaturated/α-hetero) is 2. The van der Waals surface area contributed by atoms with Crippen LogP contribution >= 0.6 is 0 Å². The Kier molecular flexibility index (Phi) is 8.83. The Hall–Kier alpha value is -0.780. The van der Waals surface area contributed by atoms with Gasteiger partial charge in [-0.2, -0.15) is 0 Å². The van der Waals surface area contributed by atoms with Gasteiger partial charge in [0.15, 0.2) is 0 Å². The van der Waals surface area contributed by atoms with Crippen LogP contribution in [0.25, 0.3) is 0 Å². The lowest BCUT2D eigenvalue weighted by Crippen LogP contribution is -2.27.